The highest BCUT2D eigenvalue weighted by atomic mass is 79.9. The fraction of sp³-hybridized carbons (Fsp3) is 0.462. The fourth-order valence-electron chi connectivity index (χ4n) is 1.42. The molecule has 0 saturated heterocycles. The first-order valence-electron chi connectivity index (χ1n) is 5.86. The monoisotopic (exact) mass is 330 g/mol. The normalized spacial score (nSPS) is 12.3. The average Bonchev–Trinajstić information content (AvgIpc) is 2.37. The highest BCUT2D eigenvalue weighted by Gasteiger charge is 2.14. The predicted octanol–water partition coefficient (Wildman–Crippen LogP) is 2.66. The van der Waals surface area contributed by atoms with Crippen LogP contribution in [-0.4, -0.2) is 30.5 Å². The molecule has 6 heteroatoms. The van der Waals surface area contributed by atoms with Gasteiger partial charge in [0.1, 0.15) is 5.82 Å². The Labute approximate surface area is 120 Å². The van der Waals surface area contributed by atoms with E-state index >= 15 is 0 Å². The van der Waals surface area contributed by atoms with E-state index in [-0.39, 0.29) is 23.7 Å². The molecule has 0 aliphatic carbocycles. The fourth-order valence-corrected chi connectivity index (χ4v) is 1.79. The van der Waals surface area contributed by atoms with Gasteiger partial charge in [0.15, 0.2) is 6.19 Å². The van der Waals surface area contributed by atoms with Crippen LogP contribution >= 0.6 is 15.9 Å². The van der Waals surface area contributed by atoms with E-state index in [1.807, 2.05) is 20.0 Å². The van der Waals surface area contributed by atoms with Crippen LogP contribution in [0.4, 0.5) is 10.1 Å². The van der Waals surface area contributed by atoms with Crippen LogP contribution in [0.15, 0.2) is 22.7 Å². The molecule has 0 saturated carbocycles. The summed E-state index contributed by atoms with van der Waals surface area (Å²) in [6, 6.07) is 4.24. The van der Waals surface area contributed by atoms with Gasteiger partial charge in [-0.25, -0.2) is 4.39 Å². The van der Waals surface area contributed by atoms with Gasteiger partial charge in [0.2, 0.25) is 0 Å². The zero-order valence-electron chi connectivity index (χ0n) is 10.8. The lowest BCUT2D eigenvalue weighted by Gasteiger charge is -2.20. The van der Waals surface area contributed by atoms with Gasteiger partial charge in [0, 0.05) is 0 Å². The quantitative estimate of drug-likeness (QED) is 0.643. The minimum Gasteiger partial charge on any atom is -0.389 e. The van der Waals surface area contributed by atoms with E-state index < -0.39 is 11.9 Å². The number of aliphatic hydroxyl groups excluding tert-OH is 1. The maximum atomic E-state index is 13.1. The Kier molecular flexibility index (Phi) is 6.22. The number of halogens is 2. The van der Waals surface area contributed by atoms with E-state index in [1.54, 1.807) is 0 Å². The van der Waals surface area contributed by atoms with Crippen LogP contribution in [0, 0.1) is 17.3 Å². The lowest BCUT2D eigenvalue weighted by Crippen LogP contribution is -2.32. The summed E-state index contributed by atoms with van der Waals surface area (Å²) in [7, 11) is 0. The van der Waals surface area contributed by atoms with Crippen LogP contribution in [0.1, 0.15) is 13.8 Å². The molecule has 1 atom stereocenters. The smallest absolute Gasteiger partial charge is 0.184 e. The van der Waals surface area contributed by atoms with Crippen molar-refractivity contribution in [3.8, 4) is 6.19 Å². The molecule has 0 aromatic heterocycles. The van der Waals surface area contributed by atoms with Crippen LogP contribution in [0.25, 0.3) is 0 Å². The van der Waals surface area contributed by atoms with Crippen LogP contribution in [-0.2, 0) is 4.74 Å². The first-order chi connectivity index (χ1) is 8.93. The number of anilines is 1. The molecule has 0 heterocycles. The third-order valence-corrected chi connectivity index (χ3v) is 2.96. The molecule has 0 aliphatic rings. The summed E-state index contributed by atoms with van der Waals surface area (Å²) in [5.41, 5.74) is 0.513. The van der Waals surface area contributed by atoms with Crippen molar-refractivity contribution in [1.82, 2.24) is 0 Å². The van der Waals surface area contributed by atoms with E-state index in [2.05, 4.69) is 15.9 Å². The molecule has 0 aliphatic heterocycles. The molecule has 0 radical (unpaired) electrons. The Bertz CT molecular complexity index is 462. The van der Waals surface area contributed by atoms with E-state index in [9.17, 15) is 9.50 Å². The highest BCUT2D eigenvalue weighted by Crippen LogP contribution is 2.22. The first-order valence-corrected chi connectivity index (χ1v) is 6.65. The minimum absolute atomic E-state index is 0.0187. The molecule has 1 rings (SSSR count). The van der Waals surface area contributed by atoms with Crippen LogP contribution in [0.3, 0.4) is 0 Å². The van der Waals surface area contributed by atoms with Gasteiger partial charge in [0.05, 0.1) is 35.5 Å². The maximum Gasteiger partial charge on any atom is 0.184 e. The third kappa shape index (κ3) is 5.15. The Morgan fingerprint density at radius 1 is 1.53 bits per heavy atom. The summed E-state index contributed by atoms with van der Waals surface area (Å²) >= 11 is 3.06. The number of rotatable bonds is 6. The molecule has 1 unspecified atom stereocenters. The van der Waals surface area contributed by atoms with Crippen molar-refractivity contribution in [2.45, 2.75) is 26.1 Å². The number of nitriles is 1. The van der Waals surface area contributed by atoms with Gasteiger partial charge >= 0.3 is 0 Å². The first kappa shape index (κ1) is 15.9. The molecular formula is C13H16BrFN2O2. The van der Waals surface area contributed by atoms with Gasteiger partial charge in [-0.1, -0.05) is 0 Å². The van der Waals surface area contributed by atoms with Gasteiger partial charge in [-0.2, -0.15) is 5.26 Å². The molecule has 0 fully saturated rings. The lowest BCUT2D eigenvalue weighted by molar-refractivity contribution is 0.00967. The number of hydrogen-bond donors (Lipinski definition) is 1. The van der Waals surface area contributed by atoms with Crippen molar-refractivity contribution in [2.75, 3.05) is 18.1 Å². The molecule has 19 heavy (non-hydrogen) atoms. The lowest BCUT2D eigenvalue weighted by atomic mass is 10.2. The Balaban J connectivity index is 2.67. The second-order valence-corrected chi connectivity index (χ2v) is 5.20. The van der Waals surface area contributed by atoms with Crippen molar-refractivity contribution in [3.63, 3.8) is 0 Å². The zero-order chi connectivity index (χ0) is 14.4. The average molecular weight is 331 g/mol. The van der Waals surface area contributed by atoms with Crippen molar-refractivity contribution < 1.29 is 14.2 Å². The summed E-state index contributed by atoms with van der Waals surface area (Å²) in [5, 5.41) is 18.9. The van der Waals surface area contributed by atoms with E-state index in [0.717, 1.165) is 0 Å². The molecule has 0 bridgehead atoms. The van der Waals surface area contributed by atoms with Gasteiger partial charge in [-0.3, -0.25) is 4.90 Å². The Hall–Kier alpha value is -1.16. The SMILES string of the molecule is CC(C)OCC(O)CN(C#N)c1ccc(F)c(Br)c1. The predicted molar refractivity (Wildman–Crippen MR) is 74.2 cm³/mol. The molecule has 0 amide bonds. The summed E-state index contributed by atoms with van der Waals surface area (Å²) in [4.78, 5) is 1.29. The molecule has 4 nitrogen and oxygen atoms in total. The van der Waals surface area contributed by atoms with Crippen LogP contribution < -0.4 is 4.90 Å². The summed E-state index contributed by atoms with van der Waals surface area (Å²) in [6.07, 6.45) is 1.19. The molecule has 104 valence electrons. The number of aliphatic hydroxyl groups is 1. The van der Waals surface area contributed by atoms with E-state index in [0.29, 0.717) is 5.69 Å². The number of nitrogens with zero attached hydrogens (tertiary/aromatic N) is 2. The molecular weight excluding hydrogens is 315 g/mol. The Morgan fingerprint density at radius 2 is 2.21 bits per heavy atom. The number of benzene rings is 1. The summed E-state index contributed by atoms with van der Waals surface area (Å²) in [5.74, 6) is -0.398. The molecule has 1 aromatic carbocycles. The molecule has 1 aromatic rings. The van der Waals surface area contributed by atoms with Crippen molar-refractivity contribution >= 4 is 21.6 Å². The topological polar surface area (TPSA) is 56.5 Å². The third-order valence-electron chi connectivity index (χ3n) is 2.35. The van der Waals surface area contributed by atoms with Crippen LogP contribution in [0.2, 0.25) is 0 Å². The minimum atomic E-state index is -0.786. The standard InChI is InChI=1S/C13H16BrFN2O2/c1-9(2)19-7-11(18)6-17(8-16)10-3-4-13(15)12(14)5-10/h3-5,9,11,18H,6-7H2,1-2H3. The van der Waals surface area contributed by atoms with E-state index in [4.69, 9.17) is 10.00 Å². The van der Waals surface area contributed by atoms with Crippen LogP contribution in [0.5, 0.6) is 0 Å². The molecule has 0 spiro atoms. The van der Waals surface area contributed by atoms with E-state index in [1.165, 1.54) is 23.1 Å². The zero-order valence-corrected chi connectivity index (χ0v) is 12.4. The number of hydrogen-bond acceptors (Lipinski definition) is 4. The maximum absolute atomic E-state index is 13.1. The Morgan fingerprint density at radius 3 is 2.74 bits per heavy atom. The molecule has 1 N–H and O–H groups in total. The van der Waals surface area contributed by atoms with Gasteiger partial charge in [-0.15, -0.1) is 0 Å². The largest absolute Gasteiger partial charge is 0.389 e. The summed E-state index contributed by atoms with van der Waals surface area (Å²) in [6.45, 7) is 3.98. The van der Waals surface area contributed by atoms with Crippen molar-refractivity contribution in [3.05, 3.63) is 28.5 Å². The van der Waals surface area contributed by atoms with Gasteiger partial charge < -0.3 is 9.84 Å². The number of ether oxygens (including phenoxy) is 1. The van der Waals surface area contributed by atoms with Gasteiger partial charge in [0.25, 0.3) is 0 Å². The second kappa shape index (κ2) is 7.43. The van der Waals surface area contributed by atoms with Crippen molar-refractivity contribution in [1.29, 1.82) is 5.26 Å². The van der Waals surface area contributed by atoms with Crippen molar-refractivity contribution in [2.24, 2.45) is 0 Å². The van der Waals surface area contributed by atoms with Gasteiger partial charge in [-0.05, 0) is 48.0 Å². The highest BCUT2D eigenvalue weighted by molar-refractivity contribution is 9.10. The summed E-state index contributed by atoms with van der Waals surface area (Å²) < 4.78 is 18.7. The second-order valence-electron chi connectivity index (χ2n) is 4.34.